The summed E-state index contributed by atoms with van der Waals surface area (Å²) in [5.41, 5.74) is 2.03. The van der Waals surface area contributed by atoms with Gasteiger partial charge < -0.3 is 9.26 Å². The maximum Gasteiger partial charge on any atom is 0.318 e. The molecule has 1 unspecified atom stereocenters. The van der Waals surface area contributed by atoms with Crippen LogP contribution in [0.25, 0.3) is 11.4 Å². The summed E-state index contributed by atoms with van der Waals surface area (Å²) in [5, 5.41) is 3.97. The van der Waals surface area contributed by atoms with Gasteiger partial charge in [-0.3, -0.25) is 4.79 Å². The van der Waals surface area contributed by atoms with Gasteiger partial charge >= 0.3 is 5.97 Å². The first-order valence-electron chi connectivity index (χ1n) is 7.23. The third-order valence-electron chi connectivity index (χ3n) is 3.20. The molecule has 0 fully saturated rings. The van der Waals surface area contributed by atoms with E-state index in [0.29, 0.717) is 24.7 Å². The number of carbonyl (C=O) groups is 1. The molecule has 0 aliphatic carbocycles. The number of nitrogens with zero attached hydrogens (tertiary/aromatic N) is 2. The van der Waals surface area contributed by atoms with Gasteiger partial charge in [0.15, 0.2) is 0 Å². The number of carbonyl (C=O) groups excluding carboxylic acids is 1. The Morgan fingerprint density at radius 2 is 2.00 bits per heavy atom. The molecule has 1 heterocycles. The molecule has 21 heavy (non-hydrogen) atoms. The van der Waals surface area contributed by atoms with Crippen molar-refractivity contribution in [1.29, 1.82) is 0 Å². The maximum atomic E-state index is 12.0. The number of aryl methyl sites for hydroxylation is 1. The fourth-order valence-corrected chi connectivity index (χ4v) is 2.07. The molecule has 1 atom stereocenters. The number of ether oxygens (including phenoxy) is 1. The summed E-state index contributed by atoms with van der Waals surface area (Å²) in [6.07, 6.45) is 1.47. The lowest BCUT2D eigenvalue weighted by Crippen LogP contribution is -2.16. The highest BCUT2D eigenvalue weighted by molar-refractivity contribution is 5.77. The first-order chi connectivity index (χ1) is 10.2. The summed E-state index contributed by atoms with van der Waals surface area (Å²) in [5.74, 6) is 0.0291. The summed E-state index contributed by atoms with van der Waals surface area (Å²) in [4.78, 5) is 16.3. The van der Waals surface area contributed by atoms with Gasteiger partial charge in [0.2, 0.25) is 11.7 Å². The maximum absolute atomic E-state index is 12.0. The van der Waals surface area contributed by atoms with Gasteiger partial charge in [-0.05, 0) is 20.3 Å². The van der Waals surface area contributed by atoms with Gasteiger partial charge in [0.05, 0.1) is 6.61 Å². The van der Waals surface area contributed by atoms with Crippen molar-refractivity contribution in [2.24, 2.45) is 0 Å². The Hall–Kier alpha value is -2.17. The molecule has 0 N–H and O–H groups in total. The van der Waals surface area contributed by atoms with Gasteiger partial charge in [-0.25, -0.2) is 0 Å². The summed E-state index contributed by atoms with van der Waals surface area (Å²) >= 11 is 0. The molecule has 0 aliphatic heterocycles. The van der Waals surface area contributed by atoms with Crippen molar-refractivity contribution in [2.75, 3.05) is 6.61 Å². The van der Waals surface area contributed by atoms with E-state index in [1.165, 1.54) is 0 Å². The van der Waals surface area contributed by atoms with Gasteiger partial charge in [-0.15, -0.1) is 0 Å². The van der Waals surface area contributed by atoms with Gasteiger partial charge in [-0.1, -0.05) is 48.3 Å². The number of hydrogen-bond acceptors (Lipinski definition) is 5. The standard InChI is InChI=1S/C16H20N2O3/c1-4-6-13(16(19)20-5-2)15-17-14(18-21-15)12-9-7-11(3)8-10-12/h7-10,13H,4-6H2,1-3H3. The average molecular weight is 288 g/mol. The Labute approximate surface area is 124 Å². The predicted molar refractivity (Wildman–Crippen MR) is 78.8 cm³/mol. The largest absolute Gasteiger partial charge is 0.465 e. The molecule has 1 aromatic carbocycles. The molecule has 112 valence electrons. The van der Waals surface area contributed by atoms with Crippen LogP contribution in [-0.2, 0) is 9.53 Å². The van der Waals surface area contributed by atoms with E-state index in [0.717, 1.165) is 17.5 Å². The Balaban J connectivity index is 2.23. The molecule has 0 bridgehead atoms. The predicted octanol–water partition coefficient (Wildman–Crippen LogP) is 3.49. The van der Waals surface area contributed by atoms with Crippen LogP contribution >= 0.6 is 0 Å². The first kappa shape index (κ1) is 15.2. The lowest BCUT2D eigenvalue weighted by atomic mass is 10.0. The number of aromatic nitrogens is 2. The minimum Gasteiger partial charge on any atom is -0.465 e. The highest BCUT2D eigenvalue weighted by Crippen LogP contribution is 2.24. The fourth-order valence-electron chi connectivity index (χ4n) is 2.07. The number of benzene rings is 1. The lowest BCUT2D eigenvalue weighted by molar-refractivity contribution is -0.145. The van der Waals surface area contributed by atoms with Gasteiger partial charge in [0.25, 0.3) is 0 Å². The molecule has 0 spiro atoms. The molecule has 1 aromatic heterocycles. The molecule has 0 aliphatic rings. The van der Waals surface area contributed by atoms with Crippen molar-refractivity contribution < 1.29 is 14.1 Å². The van der Waals surface area contributed by atoms with Crippen LogP contribution in [0.1, 0.15) is 44.1 Å². The Morgan fingerprint density at radius 3 is 2.62 bits per heavy atom. The zero-order valence-electron chi connectivity index (χ0n) is 12.6. The summed E-state index contributed by atoms with van der Waals surface area (Å²) in [6.45, 7) is 6.15. The van der Waals surface area contributed by atoms with Crippen LogP contribution < -0.4 is 0 Å². The van der Waals surface area contributed by atoms with Crippen LogP contribution in [0, 0.1) is 6.92 Å². The topological polar surface area (TPSA) is 65.2 Å². The molecule has 0 amide bonds. The van der Waals surface area contributed by atoms with Crippen molar-refractivity contribution in [3.63, 3.8) is 0 Å². The van der Waals surface area contributed by atoms with E-state index in [4.69, 9.17) is 9.26 Å². The molecule has 5 nitrogen and oxygen atoms in total. The van der Waals surface area contributed by atoms with Crippen LogP contribution in [0.5, 0.6) is 0 Å². The smallest absolute Gasteiger partial charge is 0.318 e. The third kappa shape index (κ3) is 3.68. The minimum atomic E-state index is -0.485. The minimum absolute atomic E-state index is 0.307. The normalized spacial score (nSPS) is 12.1. The second-order valence-electron chi connectivity index (χ2n) is 4.92. The number of rotatable bonds is 6. The van der Waals surface area contributed by atoms with Crippen molar-refractivity contribution >= 4 is 5.97 Å². The molecule has 0 radical (unpaired) electrons. The van der Waals surface area contributed by atoms with E-state index in [9.17, 15) is 4.79 Å². The molecule has 0 saturated carbocycles. The Kier molecular flexibility index (Phi) is 5.09. The van der Waals surface area contributed by atoms with Crippen LogP contribution in [0.2, 0.25) is 0 Å². The monoisotopic (exact) mass is 288 g/mol. The first-order valence-corrected chi connectivity index (χ1v) is 7.23. The highest BCUT2D eigenvalue weighted by Gasteiger charge is 2.27. The van der Waals surface area contributed by atoms with E-state index >= 15 is 0 Å². The van der Waals surface area contributed by atoms with Gasteiger partial charge in [0, 0.05) is 5.56 Å². The van der Waals surface area contributed by atoms with Crippen LogP contribution in [0.4, 0.5) is 0 Å². The SMILES string of the molecule is CCCC(C(=O)OCC)c1nc(-c2ccc(C)cc2)no1. The lowest BCUT2D eigenvalue weighted by Gasteiger charge is -2.09. The van der Waals surface area contributed by atoms with Crippen molar-refractivity contribution in [3.8, 4) is 11.4 Å². The zero-order chi connectivity index (χ0) is 15.2. The fraction of sp³-hybridized carbons (Fsp3) is 0.438. The third-order valence-corrected chi connectivity index (χ3v) is 3.20. The molecular formula is C16H20N2O3. The van der Waals surface area contributed by atoms with Crippen LogP contribution in [0.3, 0.4) is 0 Å². The molecular weight excluding hydrogens is 268 g/mol. The molecule has 2 aromatic rings. The highest BCUT2D eigenvalue weighted by atomic mass is 16.5. The molecule has 0 saturated heterocycles. The van der Waals surface area contributed by atoms with Crippen LogP contribution in [-0.4, -0.2) is 22.7 Å². The summed E-state index contributed by atoms with van der Waals surface area (Å²) in [6, 6.07) is 7.84. The zero-order valence-corrected chi connectivity index (χ0v) is 12.6. The van der Waals surface area contributed by atoms with Crippen molar-refractivity contribution in [3.05, 3.63) is 35.7 Å². The van der Waals surface area contributed by atoms with Crippen molar-refractivity contribution in [2.45, 2.75) is 39.5 Å². The van der Waals surface area contributed by atoms with Crippen LogP contribution in [0.15, 0.2) is 28.8 Å². The number of esters is 1. The second-order valence-corrected chi connectivity index (χ2v) is 4.92. The van der Waals surface area contributed by atoms with Gasteiger partial charge in [-0.2, -0.15) is 4.98 Å². The van der Waals surface area contributed by atoms with E-state index in [1.54, 1.807) is 6.92 Å². The van der Waals surface area contributed by atoms with Gasteiger partial charge in [0.1, 0.15) is 5.92 Å². The van der Waals surface area contributed by atoms with E-state index < -0.39 is 5.92 Å². The number of hydrogen-bond donors (Lipinski definition) is 0. The van der Waals surface area contributed by atoms with E-state index in [2.05, 4.69) is 10.1 Å². The van der Waals surface area contributed by atoms with E-state index in [-0.39, 0.29) is 5.97 Å². The van der Waals surface area contributed by atoms with Crippen molar-refractivity contribution in [1.82, 2.24) is 10.1 Å². The average Bonchev–Trinajstić information content (AvgIpc) is 2.95. The Morgan fingerprint density at radius 1 is 1.29 bits per heavy atom. The summed E-state index contributed by atoms with van der Waals surface area (Å²) < 4.78 is 10.3. The summed E-state index contributed by atoms with van der Waals surface area (Å²) in [7, 11) is 0. The molecule has 2 rings (SSSR count). The molecule has 5 heteroatoms. The Bertz CT molecular complexity index is 590. The quantitative estimate of drug-likeness (QED) is 0.761. The second kappa shape index (κ2) is 7.02. The van der Waals surface area contributed by atoms with E-state index in [1.807, 2.05) is 38.1 Å².